The maximum atomic E-state index is 2.20. The Kier molecular flexibility index (Phi) is 2.51. The molecule has 0 aliphatic carbocycles. The van der Waals surface area contributed by atoms with Gasteiger partial charge in [-0.25, -0.2) is 0 Å². The second kappa shape index (κ2) is 3.64. The van der Waals surface area contributed by atoms with E-state index in [4.69, 9.17) is 0 Å². The minimum Gasteiger partial charge on any atom is -0.148 e. The van der Waals surface area contributed by atoms with Gasteiger partial charge in [-0.2, -0.15) is 0 Å². The Labute approximate surface area is 86.9 Å². The zero-order valence-electron chi connectivity index (χ0n) is 7.83. The zero-order valence-corrected chi connectivity index (χ0v) is 9.47. The van der Waals surface area contributed by atoms with Crippen LogP contribution in [0.5, 0.6) is 0 Å². The van der Waals surface area contributed by atoms with E-state index in [9.17, 15) is 0 Å². The summed E-state index contributed by atoms with van der Waals surface area (Å²) in [6, 6.07) is 4.39. The van der Waals surface area contributed by atoms with Crippen LogP contribution in [0.15, 0.2) is 22.9 Å². The van der Waals surface area contributed by atoms with Crippen molar-refractivity contribution in [2.24, 2.45) is 0 Å². The van der Waals surface area contributed by atoms with Crippen LogP contribution < -0.4 is 0 Å². The van der Waals surface area contributed by atoms with Crippen molar-refractivity contribution < 1.29 is 0 Å². The van der Waals surface area contributed by atoms with Gasteiger partial charge in [-0.15, -0.1) is 22.7 Å². The molecule has 0 bridgehead atoms. The van der Waals surface area contributed by atoms with Crippen molar-refractivity contribution >= 4 is 22.7 Å². The molecule has 2 rings (SSSR count). The van der Waals surface area contributed by atoms with Gasteiger partial charge in [0.25, 0.3) is 0 Å². The van der Waals surface area contributed by atoms with Crippen LogP contribution in [-0.2, 0) is 6.42 Å². The van der Waals surface area contributed by atoms with E-state index in [1.807, 2.05) is 22.7 Å². The number of aryl methyl sites for hydroxylation is 2. The summed E-state index contributed by atoms with van der Waals surface area (Å²) in [7, 11) is 0. The second-order valence-corrected chi connectivity index (χ2v) is 5.23. The Morgan fingerprint density at radius 3 is 1.69 bits per heavy atom. The van der Waals surface area contributed by atoms with E-state index in [-0.39, 0.29) is 0 Å². The van der Waals surface area contributed by atoms with Crippen molar-refractivity contribution in [2.45, 2.75) is 20.3 Å². The molecule has 0 atom stereocenters. The fraction of sp³-hybridized carbons (Fsp3) is 0.273. The van der Waals surface area contributed by atoms with Crippen molar-refractivity contribution in [3.8, 4) is 0 Å². The van der Waals surface area contributed by atoms with Gasteiger partial charge >= 0.3 is 0 Å². The van der Waals surface area contributed by atoms with Crippen LogP contribution in [0.3, 0.4) is 0 Å². The van der Waals surface area contributed by atoms with E-state index in [0.29, 0.717) is 0 Å². The van der Waals surface area contributed by atoms with Gasteiger partial charge in [-0.05, 0) is 47.9 Å². The number of rotatable bonds is 2. The van der Waals surface area contributed by atoms with Gasteiger partial charge in [0, 0.05) is 16.2 Å². The van der Waals surface area contributed by atoms with E-state index in [1.165, 1.54) is 20.9 Å². The molecule has 0 radical (unpaired) electrons. The lowest BCUT2D eigenvalue weighted by Crippen LogP contribution is -1.84. The van der Waals surface area contributed by atoms with Crippen LogP contribution in [-0.4, -0.2) is 0 Å². The highest BCUT2D eigenvalue weighted by molar-refractivity contribution is 7.11. The highest BCUT2D eigenvalue weighted by atomic mass is 32.1. The summed E-state index contributed by atoms with van der Waals surface area (Å²) in [5.41, 5.74) is 2.86. The number of thiophene rings is 2. The predicted octanol–water partition coefficient (Wildman–Crippen LogP) is 4.02. The second-order valence-electron chi connectivity index (χ2n) is 3.23. The first kappa shape index (κ1) is 8.97. The minimum absolute atomic E-state index is 1.12. The summed E-state index contributed by atoms with van der Waals surface area (Å²) in [5.74, 6) is 0. The van der Waals surface area contributed by atoms with E-state index in [1.54, 1.807) is 0 Å². The summed E-state index contributed by atoms with van der Waals surface area (Å²) in [4.78, 5) is 3.01. The largest absolute Gasteiger partial charge is 0.148 e. The molecule has 2 heterocycles. The normalized spacial score (nSPS) is 10.6. The van der Waals surface area contributed by atoms with E-state index >= 15 is 0 Å². The molecule has 0 nitrogen and oxygen atoms in total. The lowest BCUT2D eigenvalue weighted by molar-refractivity contribution is 1.23. The van der Waals surface area contributed by atoms with Crippen LogP contribution in [0, 0.1) is 13.8 Å². The average Bonchev–Trinajstić information content (AvgIpc) is 2.65. The smallest absolute Gasteiger partial charge is 0.0169 e. The molecule has 2 aromatic rings. The summed E-state index contributed by atoms with van der Waals surface area (Å²) >= 11 is 3.73. The van der Waals surface area contributed by atoms with Crippen LogP contribution in [0.25, 0.3) is 0 Å². The van der Waals surface area contributed by atoms with Crippen LogP contribution in [0.2, 0.25) is 0 Å². The van der Waals surface area contributed by atoms with Crippen LogP contribution >= 0.6 is 22.7 Å². The molecule has 0 saturated heterocycles. The third-order valence-corrected chi connectivity index (χ3v) is 4.30. The van der Waals surface area contributed by atoms with Crippen LogP contribution in [0.4, 0.5) is 0 Å². The monoisotopic (exact) mass is 208 g/mol. The third-order valence-electron chi connectivity index (χ3n) is 2.26. The van der Waals surface area contributed by atoms with E-state index in [0.717, 1.165) is 6.42 Å². The Bertz CT molecular complexity index is 357. The molecule has 0 N–H and O–H groups in total. The Balaban J connectivity index is 2.24. The van der Waals surface area contributed by atoms with Crippen LogP contribution in [0.1, 0.15) is 20.9 Å². The van der Waals surface area contributed by atoms with Crippen molar-refractivity contribution in [1.82, 2.24) is 0 Å². The number of hydrogen-bond acceptors (Lipinski definition) is 2. The van der Waals surface area contributed by atoms with Crippen molar-refractivity contribution in [2.75, 3.05) is 0 Å². The van der Waals surface area contributed by atoms with Crippen molar-refractivity contribution in [3.63, 3.8) is 0 Å². The zero-order chi connectivity index (χ0) is 9.26. The van der Waals surface area contributed by atoms with Gasteiger partial charge in [0.05, 0.1) is 0 Å². The minimum atomic E-state index is 1.12. The standard InChI is InChI=1S/C11H12S2/c1-8-3-5-12-10(8)7-11-9(2)4-6-13-11/h3-6H,7H2,1-2H3. The molecule has 0 aliphatic rings. The highest BCUT2D eigenvalue weighted by Crippen LogP contribution is 2.24. The Morgan fingerprint density at radius 1 is 0.923 bits per heavy atom. The van der Waals surface area contributed by atoms with Gasteiger partial charge < -0.3 is 0 Å². The SMILES string of the molecule is Cc1ccsc1Cc1sccc1C. The summed E-state index contributed by atoms with van der Waals surface area (Å²) < 4.78 is 0. The van der Waals surface area contributed by atoms with Gasteiger partial charge in [-0.1, -0.05) is 0 Å². The first-order valence-electron chi connectivity index (χ1n) is 4.33. The summed E-state index contributed by atoms with van der Waals surface area (Å²) in [6.45, 7) is 4.38. The molecule has 2 aromatic heterocycles. The fourth-order valence-electron chi connectivity index (χ4n) is 1.32. The summed E-state index contributed by atoms with van der Waals surface area (Å²) in [5, 5.41) is 4.35. The third kappa shape index (κ3) is 1.84. The molecule has 0 saturated carbocycles. The molecule has 0 aliphatic heterocycles. The van der Waals surface area contributed by atoms with Gasteiger partial charge in [0.1, 0.15) is 0 Å². The molecule has 0 unspecified atom stereocenters. The molecule has 0 aromatic carbocycles. The topological polar surface area (TPSA) is 0 Å². The molecule has 0 fully saturated rings. The van der Waals surface area contributed by atoms with Gasteiger partial charge in [0.2, 0.25) is 0 Å². The first-order chi connectivity index (χ1) is 6.27. The molecule has 0 spiro atoms. The highest BCUT2D eigenvalue weighted by Gasteiger charge is 2.04. The molecule has 13 heavy (non-hydrogen) atoms. The van der Waals surface area contributed by atoms with Crippen molar-refractivity contribution in [1.29, 1.82) is 0 Å². The lowest BCUT2D eigenvalue weighted by Gasteiger charge is -1.98. The Hall–Kier alpha value is -0.600. The van der Waals surface area contributed by atoms with Crippen molar-refractivity contribution in [3.05, 3.63) is 43.8 Å². The maximum absolute atomic E-state index is 2.20. The molecular formula is C11H12S2. The number of hydrogen-bond donors (Lipinski definition) is 0. The molecule has 0 amide bonds. The predicted molar refractivity (Wildman–Crippen MR) is 60.9 cm³/mol. The lowest BCUT2D eigenvalue weighted by atomic mass is 10.2. The average molecular weight is 208 g/mol. The van der Waals surface area contributed by atoms with E-state index in [2.05, 4.69) is 36.7 Å². The quantitative estimate of drug-likeness (QED) is 0.699. The van der Waals surface area contributed by atoms with Gasteiger partial charge in [-0.3, -0.25) is 0 Å². The van der Waals surface area contributed by atoms with Gasteiger partial charge in [0.15, 0.2) is 0 Å². The fourth-order valence-corrected chi connectivity index (χ4v) is 3.24. The molecular weight excluding hydrogens is 196 g/mol. The van der Waals surface area contributed by atoms with E-state index < -0.39 is 0 Å². The summed E-state index contributed by atoms with van der Waals surface area (Å²) in [6.07, 6.45) is 1.12. The molecule has 68 valence electrons. The Morgan fingerprint density at radius 2 is 1.38 bits per heavy atom. The first-order valence-corrected chi connectivity index (χ1v) is 6.09. The maximum Gasteiger partial charge on any atom is 0.0169 e. The molecule has 2 heteroatoms.